The van der Waals surface area contributed by atoms with Gasteiger partial charge in [-0.2, -0.15) is 0 Å². The largest absolute Gasteiger partial charge is 0.478 e. The maximum absolute atomic E-state index is 10.6. The van der Waals surface area contributed by atoms with Crippen molar-refractivity contribution in [1.82, 2.24) is 14.6 Å². The lowest BCUT2D eigenvalue weighted by atomic mass is 10.3. The van der Waals surface area contributed by atoms with Gasteiger partial charge in [0.2, 0.25) is 0 Å². The van der Waals surface area contributed by atoms with Crippen LogP contribution in [0, 0.1) is 0 Å². The molecular weight excluding hydrogens is 178 g/mol. The zero-order valence-corrected chi connectivity index (χ0v) is 6.58. The van der Waals surface area contributed by atoms with Crippen LogP contribution in [0.4, 0.5) is 0 Å². The first-order chi connectivity index (χ1) is 5.79. The van der Waals surface area contributed by atoms with Crippen molar-refractivity contribution in [2.75, 3.05) is 0 Å². The minimum atomic E-state index is -1.00. The molecule has 2 rings (SSSR count). The first-order valence-electron chi connectivity index (χ1n) is 3.08. The summed E-state index contributed by atoms with van der Waals surface area (Å²) in [6.45, 7) is 0. The van der Waals surface area contributed by atoms with Crippen LogP contribution in [-0.4, -0.2) is 25.6 Å². The molecule has 12 heavy (non-hydrogen) atoms. The van der Waals surface area contributed by atoms with Crippen LogP contribution in [0.5, 0.6) is 0 Å². The van der Waals surface area contributed by atoms with E-state index in [2.05, 4.69) is 14.6 Å². The minimum absolute atomic E-state index is 0.155. The van der Waals surface area contributed by atoms with Crippen molar-refractivity contribution < 1.29 is 9.90 Å². The van der Waals surface area contributed by atoms with Crippen LogP contribution < -0.4 is 0 Å². The Hall–Kier alpha value is -1.56. The molecule has 0 saturated carbocycles. The van der Waals surface area contributed by atoms with E-state index >= 15 is 0 Å². The smallest absolute Gasteiger partial charge is 0.338 e. The van der Waals surface area contributed by atoms with Gasteiger partial charge in [-0.05, 0) is 11.5 Å². The zero-order valence-electron chi connectivity index (χ0n) is 5.76. The van der Waals surface area contributed by atoms with Gasteiger partial charge < -0.3 is 5.11 Å². The summed E-state index contributed by atoms with van der Waals surface area (Å²) < 4.78 is 4.20. The number of hydrogen-bond donors (Lipinski definition) is 1. The van der Waals surface area contributed by atoms with Crippen molar-refractivity contribution in [3.8, 4) is 0 Å². The Labute approximate surface area is 70.8 Å². The fraction of sp³-hybridized carbons (Fsp3) is 0. The number of nitrogens with zero attached hydrogens (tertiary/aromatic N) is 3. The highest BCUT2D eigenvalue weighted by Gasteiger charge is 2.10. The Balaban J connectivity index is 2.82. The molecule has 6 heteroatoms. The summed E-state index contributed by atoms with van der Waals surface area (Å²) in [5, 5.41) is 12.4. The first-order valence-corrected chi connectivity index (χ1v) is 3.86. The highest BCUT2D eigenvalue weighted by Crippen LogP contribution is 2.18. The highest BCUT2D eigenvalue weighted by molar-refractivity contribution is 7.13. The van der Waals surface area contributed by atoms with Gasteiger partial charge in [0.25, 0.3) is 0 Å². The fourth-order valence-corrected chi connectivity index (χ4v) is 1.50. The van der Waals surface area contributed by atoms with Gasteiger partial charge in [0, 0.05) is 6.20 Å². The average Bonchev–Trinajstić information content (AvgIpc) is 2.49. The second kappa shape index (κ2) is 2.49. The number of rotatable bonds is 1. The number of pyridine rings is 1. The van der Waals surface area contributed by atoms with Crippen molar-refractivity contribution in [3.05, 3.63) is 18.0 Å². The number of carboxylic acid groups (broad SMARTS) is 1. The molecule has 0 fully saturated rings. The van der Waals surface area contributed by atoms with E-state index in [0.29, 0.717) is 10.2 Å². The van der Waals surface area contributed by atoms with Gasteiger partial charge in [0.1, 0.15) is 5.52 Å². The van der Waals surface area contributed by atoms with E-state index in [1.54, 1.807) is 0 Å². The average molecular weight is 181 g/mol. The predicted octanol–water partition coefficient (Wildman–Crippen LogP) is 0.784. The van der Waals surface area contributed by atoms with Gasteiger partial charge >= 0.3 is 5.97 Å². The maximum atomic E-state index is 10.6. The molecule has 0 radical (unpaired) electrons. The molecule has 2 aromatic rings. The number of carbonyl (C=O) groups is 1. The quantitative estimate of drug-likeness (QED) is 0.703. The fourth-order valence-electron chi connectivity index (χ4n) is 0.862. The molecule has 0 aliphatic heterocycles. The Bertz CT molecular complexity index is 439. The third kappa shape index (κ3) is 0.928. The van der Waals surface area contributed by atoms with E-state index in [4.69, 9.17) is 5.11 Å². The van der Waals surface area contributed by atoms with Crippen LogP contribution in [0.25, 0.3) is 10.2 Å². The van der Waals surface area contributed by atoms with Crippen molar-refractivity contribution in [2.45, 2.75) is 0 Å². The van der Waals surface area contributed by atoms with Gasteiger partial charge in [-0.15, -0.1) is 5.10 Å². The molecule has 60 valence electrons. The van der Waals surface area contributed by atoms with Gasteiger partial charge in [0.05, 0.1) is 16.5 Å². The second-order valence-electron chi connectivity index (χ2n) is 2.11. The van der Waals surface area contributed by atoms with Crippen LogP contribution in [-0.2, 0) is 0 Å². The summed E-state index contributed by atoms with van der Waals surface area (Å²) in [5.41, 5.74) is 0.683. The summed E-state index contributed by atoms with van der Waals surface area (Å²) in [6, 6.07) is 0. The van der Waals surface area contributed by atoms with Gasteiger partial charge in [-0.25, -0.2) is 4.79 Å². The van der Waals surface area contributed by atoms with E-state index in [0.717, 1.165) is 11.5 Å². The van der Waals surface area contributed by atoms with Gasteiger partial charge in [0.15, 0.2) is 0 Å². The minimum Gasteiger partial charge on any atom is -0.478 e. The van der Waals surface area contributed by atoms with E-state index < -0.39 is 5.97 Å². The molecule has 1 N–H and O–H groups in total. The lowest BCUT2D eigenvalue weighted by Gasteiger charge is -1.91. The Kier molecular flexibility index (Phi) is 1.47. The second-order valence-corrected chi connectivity index (χ2v) is 2.87. The van der Waals surface area contributed by atoms with Crippen molar-refractivity contribution >= 4 is 27.7 Å². The van der Waals surface area contributed by atoms with E-state index in [-0.39, 0.29) is 5.56 Å². The van der Waals surface area contributed by atoms with E-state index in [1.165, 1.54) is 12.4 Å². The monoisotopic (exact) mass is 181 g/mol. The molecule has 0 aliphatic rings. The lowest BCUT2D eigenvalue weighted by Crippen LogP contribution is -1.96. The predicted molar refractivity (Wildman–Crippen MR) is 42.2 cm³/mol. The van der Waals surface area contributed by atoms with E-state index in [1.807, 2.05) is 0 Å². The normalized spacial score (nSPS) is 10.3. The lowest BCUT2D eigenvalue weighted by molar-refractivity contribution is 0.0699. The molecule has 0 aliphatic carbocycles. The molecule has 2 heterocycles. The van der Waals surface area contributed by atoms with E-state index in [9.17, 15) is 4.79 Å². The summed E-state index contributed by atoms with van der Waals surface area (Å²) in [6.07, 6.45) is 2.79. The van der Waals surface area contributed by atoms with Crippen LogP contribution in [0.15, 0.2) is 12.4 Å². The zero-order chi connectivity index (χ0) is 8.55. The molecule has 0 bridgehead atoms. The molecule has 0 saturated heterocycles. The Morgan fingerprint density at radius 3 is 3.08 bits per heavy atom. The standard InChI is InChI=1S/C6H3N3O2S/c10-6(11)3-1-7-2-4-5(3)12-9-8-4/h1-2H,(H,10,11). The molecule has 5 nitrogen and oxygen atoms in total. The van der Waals surface area contributed by atoms with Crippen LogP contribution in [0.1, 0.15) is 10.4 Å². The number of aromatic nitrogens is 3. The Morgan fingerprint density at radius 2 is 2.33 bits per heavy atom. The summed E-state index contributed by atoms with van der Waals surface area (Å²) >= 11 is 1.06. The SMILES string of the molecule is O=C(O)c1cncc2nnsc12. The van der Waals surface area contributed by atoms with Crippen LogP contribution >= 0.6 is 11.5 Å². The van der Waals surface area contributed by atoms with Crippen LogP contribution in [0.3, 0.4) is 0 Å². The van der Waals surface area contributed by atoms with Crippen molar-refractivity contribution in [3.63, 3.8) is 0 Å². The number of carboxylic acids is 1. The molecule has 0 spiro atoms. The van der Waals surface area contributed by atoms with Gasteiger partial charge in [-0.1, -0.05) is 4.49 Å². The summed E-state index contributed by atoms with van der Waals surface area (Å²) in [7, 11) is 0. The van der Waals surface area contributed by atoms with Crippen molar-refractivity contribution in [2.24, 2.45) is 0 Å². The highest BCUT2D eigenvalue weighted by atomic mass is 32.1. The third-order valence-electron chi connectivity index (χ3n) is 1.39. The third-order valence-corrected chi connectivity index (χ3v) is 2.16. The number of hydrogen-bond acceptors (Lipinski definition) is 5. The summed E-state index contributed by atoms with van der Waals surface area (Å²) in [5.74, 6) is -1.00. The summed E-state index contributed by atoms with van der Waals surface area (Å²) in [4.78, 5) is 14.4. The van der Waals surface area contributed by atoms with Gasteiger partial charge in [-0.3, -0.25) is 4.98 Å². The molecule has 0 aromatic carbocycles. The Morgan fingerprint density at radius 1 is 1.50 bits per heavy atom. The molecule has 0 atom stereocenters. The maximum Gasteiger partial charge on any atom is 0.338 e. The molecule has 0 amide bonds. The molecule has 0 unspecified atom stereocenters. The first kappa shape index (κ1) is 7.11. The van der Waals surface area contributed by atoms with Crippen molar-refractivity contribution in [1.29, 1.82) is 0 Å². The number of aromatic carboxylic acids is 1. The number of fused-ring (bicyclic) bond motifs is 1. The van der Waals surface area contributed by atoms with Crippen LogP contribution in [0.2, 0.25) is 0 Å². The molecular formula is C6H3N3O2S. The topological polar surface area (TPSA) is 76.0 Å². The molecule has 2 aromatic heterocycles.